The van der Waals surface area contributed by atoms with E-state index in [1.54, 1.807) is 0 Å². The normalized spacial score (nSPS) is 16.4. The Kier molecular flexibility index (Phi) is 5.95. The SMILES string of the molecule is CC(=O)C(F)(F)C(F)(F)C(F)(F)C(F)(F)C(F)(F)C(F)(F)C(F)(F)C(C)(F)F. The molecule has 0 unspecified atom stereocenters. The minimum Gasteiger partial charge on any atom is -0.293 e. The van der Waals surface area contributed by atoms with Crippen molar-refractivity contribution in [2.45, 2.75) is 61.2 Å². The maximum absolute atomic E-state index is 13.2. The quantitative estimate of drug-likeness (QED) is 0.428. The van der Waals surface area contributed by atoms with E-state index < -0.39 is 67.0 Å². The molecule has 0 saturated heterocycles. The molecule has 0 aromatic heterocycles. The zero-order valence-electron chi connectivity index (χ0n) is 13.0. The summed E-state index contributed by atoms with van der Waals surface area (Å²) in [6.07, 6.45) is 0. The Balaban J connectivity index is 6.76. The second-order valence-electron chi connectivity index (χ2n) is 5.47. The topological polar surface area (TPSA) is 17.1 Å². The summed E-state index contributed by atoms with van der Waals surface area (Å²) >= 11 is 0. The first-order valence-corrected chi connectivity index (χ1v) is 6.23. The fourth-order valence-electron chi connectivity index (χ4n) is 1.48. The molecule has 17 heteroatoms. The average Bonchev–Trinajstić information content (AvgIpc) is 2.44. The molecular formula is C11H6F16O. The second-order valence-corrected chi connectivity index (χ2v) is 5.47. The highest BCUT2D eigenvalue weighted by Crippen LogP contribution is 2.63. The average molecular weight is 458 g/mol. The van der Waals surface area contributed by atoms with Gasteiger partial charge in [-0.3, -0.25) is 4.79 Å². The van der Waals surface area contributed by atoms with Crippen LogP contribution in [0.1, 0.15) is 13.8 Å². The smallest absolute Gasteiger partial charge is 0.293 e. The fourth-order valence-corrected chi connectivity index (χ4v) is 1.48. The zero-order chi connectivity index (χ0) is 23.6. The molecule has 0 aliphatic heterocycles. The highest BCUT2D eigenvalue weighted by atomic mass is 19.4. The van der Waals surface area contributed by atoms with Gasteiger partial charge in [0.15, 0.2) is 0 Å². The molecule has 0 aromatic carbocycles. The molecule has 0 saturated carbocycles. The summed E-state index contributed by atoms with van der Waals surface area (Å²) in [5.74, 6) is -65.3. The number of ketones is 1. The lowest BCUT2D eigenvalue weighted by Crippen LogP contribution is -2.75. The Morgan fingerprint density at radius 3 is 0.893 bits per heavy atom. The number of hydrogen-bond donors (Lipinski definition) is 0. The first kappa shape index (κ1) is 26.6. The van der Waals surface area contributed by atoms with E-state index in [0.29, 0.717) is 0 Å². The van der Waals surface area contributed by atoms with E-state index in [-0.39, 0.29) is 0 Å². The van der Waals surface area contributed by atoms with Gasteiger partial charge in [-0.05, 0) is 0 Å². The molecule has 28 heavy (non-hydrogen) atoms. The fraction of sp³-hybridized carbons (Fsp3) is 0.909. The van der Waals surface area contributed by atoms with Gasteiger partial charge in [-0.2, -0.15) is 70.2 Å². The maximum Gasteiger partial charge on any atom is 0.385 e. The van der Waals surface area contributed by atoms with Gasteiger partial charge in [0, 0.05) is 13.8 Å². The van der Waals surface area contributed by atoms with Crippen molar-refractivity contribution in [3.05, 3.63) is 0 Å². The van der Waals surface area contributed by atoms with Crippen LogP contribution in [-0.2, 0) is 4.79 Å². The van der Waals surface area contributed by atoms with Crippen LogP contribution in [0, 0.1) is 0 Å². The molecule has 0 N–H and O–H groups in total. The molecule has 0 spiro atoms. The largest absolute Gasteiger partial charge is 0.385 e. The lowest BCUT2D eigenvalue weighted by atomic mass is 9.87. The predicted octanol–water partition coefficient (Wildman–Crippen LogP) is 5.68. The van der Waals surface area contributed by atoms with E-state index in [9.17, 15) is 75.0 Å². The highest BCUT2D eigenvalue weighted by Gasteiger charge is 2.94. The molecule has 0 rings (SSSR count). The van der Waals surface area contributed by atoms with Crippen LogP contribution < -0.4 is 0 Å². The lowest BCUT2D eigenvalue weighted by molar-refractivity contribution is -0.449. The van der Waals surface area contributed by atoms with Crippen LogP contribution in [0.4, 0.5) is 70.2 Å². The summed E-state index contributed by atoms with van der Waals surface area (Å²) < 4.78 is 208. The molecule has 0 atom stereocenters. The summed E-state index contributed by atoms with van der Waals surface area (Å²) in [4.78, 5) is 10.3. The number of alkyl halides is 16. The first-order valence-electron chi connectivity index (χ1n) is 6.23. The van der Waals surface area contributed by atoms with Gasteiger partial charge in [-0.1, -0.05) is 0 Å². The Hall–Kier alpha value is -1.45. The summed E-state index contributed by atoms with van der Waals surface area (Å²) in [6.45, 7) is -1.84. The number of Topliss-reactive ketones (excluding diaryl/α,β-unsaturated/α-hetero) is 1. The molecule has 0 aliphatic rings. The molecule has 0 amide bonds. The number of hydrogen-bond acceptors (Lipinski definition) is 1. The van der Waals surface area contributed by atoms with Crippen molar-refractivity contribution < 1.29 is 75.0 Å². The van der Waals surface area contributed by atoms with Gasteiger partial charge >= 0.3 is 47.4 Å². The molecular weight excluding hydrogens is 452 g/mol. The predicted molar refractivity (Wildman–Crippen MR) is 55.9 cm³/mol. The van der Waals surface area contributed by atoms with Gasteiger partial charge in [0.25, 0.3) is 0 Å². The number of halogens is 16. The van der Waals surface area contributed by atoms with Crippen LogP contribution >= 0.6 is 0 Å². The third kappa shape index (κ3) is 2.98. The minimum atomic E-state index is -8.49. The van der Waals surface area contributed by atoms with Crippen LogP contribution in [0.5, 0.6) is 0 Å². The van der Waals surface area contributed by atoms with E-state index in [0.717, 1.165) is 0 Å². The van der Waals surface area contributed by atoms with Crippen molar-refractivity contribution in [2.75, 3.05) is 0 Å². The first-order chi connectivity index (χ1) is 11.7. The highest BCUT2D eigenvalue weighted by molar-refractivity contribution is 5.84. The summed E-state index contributed by atoms with van der Waals surface area (Å²) in [6, 6.07) is 0. The van der Waals surface area contributed by atoms with Gasteiger partial charge in [0.2, 0.25) is 5.78 Å². The van der Waals surface area contributed by atoms with Crippen LogP contribution in [0.2, 0.25) is 0 Å². The van der Waals surface area contributed by atoms with Crippen molar-refractivity contribution >= 4 is 5.78 Å². The van der Waals surface area contributed by atoms with E-state index in [1.807, 2.05) is 0 Å². The van der Waals surface area contributed by atoms with E-state index in [2.05, 4.69) is 0 Å². The summed E-state index contributed by atoms with van der Waals surface area (Å²) in [5, 5.41) is 0. The number of carbonyl (C=O) groups excluding carboxylic acids is 1. The van der Waals surface area contributed by atoms with Crippen LogP contribution in [0.3, 0.4) is 0 Å². The Bertz CT molecular complexity index is 613. The maximum atomic E-state index is 13.2. The van der Waals surface area contributed by atoms with Crippen molar-refractivity contribution in [2.24, 2.45) is 0 Å². The second kappa shape index (κ2) is 6.27. The van der Waals surface area contributed by atoms with Gasteiger partial charge in [0.05, 0.1) is 0 Å². The molecule has 168 valence electrons. The molecule has 0 fully saturated rings. The van der Waals surface area contributed by atoms with Gasteiger partial charge < -0.3 is 0 Å². The van der Waals surface area contributed by atoms with E-state index in [1.165, 1.54) is 0 Å². The molecule has 0 heterocycles. The lowest BCUT2D eigenvalue weighted by Gasteiger charge is -2.43. The van der Waals surface area contributed by atoms with Crippen molar-refractivity contribution in [3.8, 4) is 0 Å². The standard InChI is InChI=1S/C11H6F16O/c1-3(28)5(14,15)7(18,19)9(22,23)11(26,27)10(24,25)8(20,21)6(16,17)4(2,12)13/h1-2H3. The Morgan fingerprint density at radius 2 is 0.679 bits per heavy atom. The van der Waals surface area contributed by atoms with Crippen LogP contribution in [0.15, 0.2) is 0 Å². The van der Waals surface area contributed by atoms with Crippen molar-refractivity contribution in [1.82, 2.24) is 0 Å². The Morgan fingerprint density at radius 1 is 0.464 bits per heavy atom. The van der Waals surface area contributed by atoms with Crippen LogP contribution in [0.25, 0.3) is 0 Å². The van der Waals surface area contributed by atoms with E-state index in [4.69, 9.17) is 0 Å². The molecule has 0 radical (unpaired) electrons. The molecule has 0 aromatic rings. The zero-order valence-corrected chi connectivity index (χ0v) is 13.0. The van der Waals surface area contributed by atoms with E-state index >= 15 is 0 Å². The third-order valence-corrected chi connectivity index (χ3v) is 3.36. The van der Waals surface area contributed by atoms with Gasteiger partial charge in [-0.15, -0.1) is 0 Å². The van der Waals surface area contributed by atoms with Crippen LogP contribution in [-0.4, -0.2) is 53.2 Å². The molecule has 1 nitrogen and oxygen atoms in total. The monoisotopic (exact) mass is 458 g/mol. The summed E-state index contributed by atoms with van der Waals surface area (Å²) in [5.41, 5.74) is 0. The number of rotatable bonds is 8. The number of carbonyl (C=O) groups is 1. The van der Waals surface area contributed by atoms with Gasteiger partial charge in [0.1, 0.15) is 0 Å². The minimum absolute atomic E-state index is 0.610. The summed E-state index contributed by atoms with van der Waals surface area (Å²) in [7, 11) is 0. The van der Waals surface area contributed by atoms with Gasteiger partial charge in [-0.25, -0.2) is 0 Å². The molecule has 0 aliphatic carbocycles. The Labute approximate surface area is 143 Å². The molecule has 0 bridgehead atoms. The van der Waals surface area contributed by atoms with Crippen molar-refractivity contribution in [1.29, 1.82) is 0 Å². The van der Waals surface area contributed by atoms with Crippen molar-refractivity contribution in [3.63, 3.8) is 0 Å². The third-order valence-electron chi connectivity index (χ3n) is 3.36.